The molecule has 4 rings (SSSR count). The molecule has 2 aromatic carbocycles. The molecule has 2 atom stereocenters. The number of carbonyl (C=O) groups is 2. The number of aromatic hydroxyl groups is 1. The summed E-state index contributed by atoms with van der Waals surface area (Å²) in [5.74, 6) is -0.0793. The molecule has 248 valence electrons. The van der Waals surface area contributed by atoms with Gasteiger partial charge in [-0.25, -0.2) is 4.79 Å². The molecule has 0 saturated heterocycles. The first-order valence-electron chi connectivity index (χ1n) is 15.0. The number of phenolic OH excluding ortho intramolecular Hbond substituents is 1. The Hall–Kier alpha value is -4.81. The lowest BCUT2D eigenvalue weighted by Gasteiger charge is -2.18. The van der Waals surface area contributed by atoms with Gasteiger partial charge in [0.05, 0.1) is 28.9 Å². The van der Waals surface area contributed by atoms with Crippen molar-refractivity contribution in [1.29, 1.82) is 0 Å². The van der Waals surface area contributed by atoms with E-state index in [1.807, 2.05) is 19.1 Å². The summed E-state index contributed by atoms with van der Waals surface area (Å²) in [5.41, 5.74) is 0.538. The Bertz CT molecular complexity index is 1820. The van der Waals surface area contributed by atoms with Crippen molar-refractivity contribution in [2.24, 2.45) is 0 Å². The fourth-order valence-corrected chi connectivity index (χ4v) is 5.83. The topological polar surface area (TPSA) is 157 Å². The number of thioether (sulfide) groups is 1. The third kappa shape index (κ3) is 9.60. The molecule has 0 spiro atoms. The van der Waals surface area contributed by atoms with Gasteiger partial charge in [0, 0.05) is 16.5 Å². The maximum absolute atomic E-state index is 13.6. The van der Waals surface area contributed by atoms with Crippen LogP contribution in [-0.4, -0.2) is 39.1 Å². The molecule has 3 N–H and O–H groups in total. The molecule has 0 aliphatic rings. The van der Waals surface area contributed by atoms with Gasteiger partial charge in [-0.1, -0.05) is 37.6 Å². The second-order valence-corrected chi connectivity index (χ2v) is 11.8. The van der Waals surface area contributed by atoms with Gasteiger partial charge in [0.25, 0.3) is 12.0 Å². The molecule has 0 bridgehead atoms. The van der Waals surface area contributed by atoms with Crippen molar-refractivity contribution in [2.75, 3.05) is 6.61 Å². The highest BCUT2D eigenvalue weighted by Crippen LogP contribution is 2.36. The number of unbranched alkanes of at least 4 members (excludes halogenated alkanes) is 2. The van der Waals surface area contributed by atoms with Crippen LogP contribution in [0, 0.1) is 6.01 Å². The van der Waals surface area contributed by atoms with Crippen LogP contribution in [0.25, 0.3) is 11.0 Å². The highest BCUT2D eigenvalue weighted by atomic mass is 32.2. The number of rotatable bonds is 16. The number of halogens is 1. The summed E-state index contributed by atoms with van der Waals surface area (Å²) in [5, 5.41) is 29.9. The van der Waals surface area contributed by atoms with Crippen LogP contribution in [0.5, 0.6) is 17.4 Å². The van der Waals surface area contributed by atoms with Crippen LogP contribution < -0.4 is 14.9 Å². The largest absolute Gasteiger partial charge is 0.513 e. The van der Waals surface area contributed by atoms with Gasteiger partial charge in [-0.2, -0.15) is 4.39 Å². The van der Waals surface area contributed by atoms with E-state index in [1.165, 1.54) is 36.9 Å². The van der Waals surface area contributed by atoms with Gasteiger partial charge >= 0.3 is 6.16 Å². The number of furan rings is 1. The molecule has 0 radical (unpaired) electrons. The maximum atomic E-state index is 13.6. The number of Topliss-reactive ketones (excluding diaryl/α,β-unsaturated/α-hetero) is 1. The Morgan fingerprint density at radius 2 is 1.87 bits per heavy atom. The number of aliphatic hydroxyl groups excluding tert-OH is 1. The Morgan fingerprint density at radius 1 is 1.06 bits per heavy atom. The number of allylic oxidation sites excluding steroid dienone is 3. The van der Waals surface area contributed by atoms with Crippen molar-refractivity contribution in [3.8, 4) is 17.4 Å². The van der Waals surface area contributed by atoms with E-state index in [1.54, 1.807) is 30.4 Å². The van der Waals surface area contributed by atoms with Gasteiger partial charge in [-0.05, 0) is 69.0 Å². The first-order valence-corrected chi connectivity index (χ1v) is 15.9. The van der Waals surface area contributed by atoms with Crippen LogP contribution in [0.1, 0.15) is 67.3 Å². The first-order chi connectivity index (χ1) is 22.6. The zero-order valence-corrected chi connectivity index (χ0v) is 26.6. The van der Waals surface area contributed by atoms with Crippen molar-refractivity contribution in [3.63, 3.8) is 0 Å². The van der Waals surface area contributed by atoms with Gasteiger partial charge in [0.2, 0.25) is 0 Å². The van der Waals surface area contributed by atoms with E-state index < -0.39 is 34.9 Å². The summed E-state index contributed by atoms with van der Waals surface area (Å²) in [4.78, 5) is 35.6. The van der Waals surface area contributed by atoms with Crippen LogP contribution in [0.15, 0.2) is 91.4 Å². The van der Waals surface area contributed by atoms with E-state index in [4.69, 9.17) is 18.7 Å². The Labute approximate surface area is 274 Å². The number of ether oxygens (including phenoxy) is 2. The van der Waals surface area contributed by atoms with Crippen LogP contribution in [0.4, 0.5) is 9.18 Å². The number of aliphatic hydroxyl groups is 1. The summed E-state index contributed by atoms with van der Waals surface area (Å²) >= 11 is 1.20. The fourth-order valence-electron chi connectivity index (χ4n) is 4.76. The second kappa shape index (κ2) is 16.7. The van der Waals surface area contributed by atoms with Crippen LogP contribution in [0.3, 0.4) is 0 Å². The number of carboxylic acid groups (broad SMARTS) is 1. The molecule has 0 saturated carbocycles. The van der Waals surface area contributed by atoms with E-state index in [0.29, 0.717) is 29.2 Å². The molecular weight excluding hydrogens is 631 g/mol. The molecule has 0 amide bonds. The number of benzene rings is 2. The summed E-state index contributed by atoms with van der Waals surface area (Å²) in [6, 6.07) is 10.6. The number of hydrogen-bond donors (Lipinski definition) is 3. The van der Waals surface area contributed by atoms with Crippen molar-refractivity contribution < 1.29 is 47.6 Å². The van der Waals surface area contributed by atoms with Crippen LogP contribution in [0.2, 0.25) is 0 Å². The molecule has 0 fully saturated rings. The molecular formula is C35H35FO10S. The van der Waals surface area contributed by atoms with Gasteiger partial charge in [-0.3, -0.25) is 9.59 Å². The summed E-state index contributed by atoms with van der Waals surface area (Å²) in [6.45, 7) is 3.85. The quantitative estimate of drug-likeness (QED) is 0.0350. The number of carbonyl (C=O) groups excluding carboxylic acids is 1. The van der Waals surface area contributed by atoms with E-state index in [0.717, 1.165) is 37.8 Å². The Kier molecular flexibility index (Phi) is 12.4. The average Bonchev–Trinajstić information content (AvgIpc) is 3.46. The average molecular weight is 667 g/mol. The predicted octanol–water partition coefficient (Wildman–Crippen LogP) is 8.00. The summed E-state index contributed by atoms with van der Waals surface area (Å²) in [7, 11) is 0. The smallest absolute Gasteiger partial charge is 0.507 e. The maximum Gasteiger partial charge on any atom is 0.513 e. The molecule has 2 aromatic heterocycles. The van der Waals surface area contributed by atoms with Gasteiger partial charge in [0.15, 0.2) is 11.2 Å². The lowest BCUT2D eigenvalue weighted by atomic mass is 10.0. The molecule has 12 heteroatoms. The number of fused-ring (bicyclic) bond motifs is 1. The molecule has 2 heterocycles. The summed E-state index contributed by atoms with van der Waals surface area (Å²) in [6.07, 6.45) is 8.15. The number of ketones is 1. The normalized spacial score (nSPS) is 12.9. The molecule has 47 heavy (non-hydrogen) atoms. The van der Waals surface area contributed by atoms with E-state index >= 15 is 0 Å². The third-order valence-electron chi connectivity index (χ3n) is 7.02. The SMILES string of the molecule is CCCc1c(OCCCC/C=C\C=C\[C@H](Sc2ccc3c(=O)cc(OC(=O)O)oc3c2)[C@H](O)c2ccc(F)o2)ccc(C(C)=O)c1O. The molecule has 0 unspecified atom stereocenters. The fraction of sp³-hybridized carbons (Fsp3) is 0.286. The minimum absolute atomic E-state index is 0.0166. The number of hydrogen-bond acceptors (Lipinski definition) is 10. The van der Waals surface area contributed by atoms with Crippen molar-refractivity contribution in [1.82, 2.24) is 0 Å². The molecule has 0 aliphatic heterocycles. The first kappa shape index (κ1) is 35.1. The lowest BCUT2D eigenvalue weighted by Crippen LogP contribution is -2.12. The lowest BCUT2D eigenvalue weighted by molar-refractivity contribution is 0.101. The highest BCUT2D eigenvalue weighted by molar-refractivity contribution is 8.00. The van der Waals surface area contributed by atoms with E-state index in [-0.39, 0.29) is 33.8 Å². The van der Waals surface area contributed by atoms with Crippen LogP contribution >= 0.6 is 11.8 Å². The van der Waals surface area contributed by atoms with Gasteiger partial charge in [-0.15, -0.1) is 11.8 Å². The number of phenols is 1. The van der Waals surface area contributed by atoms with Crippen molar-refractivity contribution in [3.05, 3.63) is 106 Å². The zero-order chi connectivity index (χ0) is 33.9. The standard InChI is InChI=1S/C35H35FO10S/c1-3-10-25-27(15-14-23(21(2)37)33(25)39)43-18-9-7-5-4-6-8-11-30(34(40)28-16-17-31(36)44-28)47-22-12-13-24-26(38)20-32(46-35(41)42)45-29(24)19-22/h4,6,8,11-17,19-20,30,34,39-40H,3,5,7,9-10,18H2,1-2H3,(H,41,42)/b6-4-,11-8+/t30-,34+/m0/s1. The molecule has 0 aliphatic carbocycles. The predicted molar refractivity (Wildman–Crippen MR) is 174 cm³/mol. The van der Waals surface area contributed by atoms with Gasteiger partial charge in [0.1, 0.15) is 28.9 Å². The Morgan fingerprint density at radius 3 is 2.57 bits per heavy atom. The summed E-state index contributed by atoms with van der Waals surface area (Å²) < 4.78 is 34.4. The van der Waals surface area contributed by atoms with E-state index in [9.17, 15) is 29.0 Å². The highest BCUT2D eigenvalue weighted by Gasteiger charge is 2.24. The second-order valence-electron chi connectivity index (χ2n) is 10.5. The minimum Gasteiger partial charge on any atom is -0.507 e. The molecule has 10 nitrogen and oxygen atoms in total. The van der Waals surface area contributed by atoms with E-state index in [2.05, 4.69) is 4.74 Å². The zero-order valence-electron chi connectivity index (χ0n) is 25.8. The van der Waals surface area contributed by atoms with Crippen molar-refractivity contribution >= 4 is 34.7 Å². The third-order valence-corrected chi connectivity index (χ3v) is 8.24. The molecule has 4 aromatic rings. The van der Waals surface area contributed by atoms with Crippen molar-refractivity contribution in [2.45, 2.75) is 62.2 Å². The monoisotopic (exact) mass is 666 g/mol. The van der Waals surface area contributed by atoms with Gasteiger partial charge < -0.3 is 33.6 Å². The van der Waals surface area contributed by atoms with Crippen LogP contribution in [-0.2, 0) is 6.42 Å². The minimum atomic E-state index is -1.63. The Balaban J connectivity index is 1.37.